The summed E-state index contributed by atoms with van der Waals surface area (Å²) in [7, 11) is 0. The summed E-state index contributed by atoms with van der Waals surface area (Å²) in [4.78, 5) is 42.7. The summed E-state index contributed by atoms with van der Waals surface area (Å²) in [5.74, 6) is -0.795. The van der Waals surface area contributed by atoms with E-state index in [1.807, 2.05) is 50.2 Å². The minimum absolute atomic E-state index is 0.198. The molecule has 9 heteroatoms. The molecule has 0 fully saturated rings. The topological polar surface area (TPSA) is 93.1 Å². The molecule has 0 atom stereocenters. The van der Waals surface area contributed by atoms with Crippen LogP contribution in [0.2, 0.25) is 5.02 Å². The van der Waals surface area contributed by atoms with Gasteiger partial charge in [-0.1, -0.05) is 41.9 Å². The number of nitrogens with one attached hydrogen (secondary N) is 2. The Kier molecular flexibility index (Phi) is 6.57. The molecule has 0 saturated carbocycles. The first-order valence-corrected chi connectivity index (χ1v) is 11.4. The van der Waals surface area contributed by atoms with Crippen molar-refractivity contribution in [3.63, 3.8) is 0 Å². The number of fused-ring (bicyclic) bond motifs is 1. The molecular weight excluding hydrogens is 460 g/mol. The van der Waals surface area contributed by atoms with E-state index in [4.69, 9.17) is 11.6 Å². The average Bonchev–Trinajstić information content (AvgIpc) is 3.23. The lowest BCUT2D eigenvalue weighted by Crippen LogP contribution is -2.37. The van der Waals surface area contributed by atoms with Gasteiger partial charge in [0.2, 0.25) is 11.8 Å². The zero-order chi connectivity index (χ0) is 23.5. The van der Waals surface area contributed by atoms with Gasteiger partial charge in [-0.3, -0.25) is 19.0 Å². The normalized spacial score (nSPS) is 10.9. The van der Waals surface area contributed by atoms with E-state index in [2.05, 4.69) is 15.6 Å². The summed E-state index contributed by atoms with van der Waals surface area (Å²) in [5.41, 5.74) is 3.81. The van der Waals surface area contributed by atoms with Gasteiger partial charge in [-0.2, -0.15) is 0 Å². The molecule has 0 saturated heterocycles. The molecule has 2 heterocycles. The van der Waals surface area contributed by atoms with Gasteiger partial charge in [0.15, 0.2) is 0 Å². The number of benzene rings is 2. The smallest absolute Gasteiger partial charge is 0.271 e. The lowest BCUT2D eigenvalue weighted by atomic mass is 10.1. The molecule has 0 bridgehead atoms. The number of carbonyl (C=O) groups is 2. The molecule has 0 aliphatic carbocycles. The predicted molar refractivity (Wildman–Crippen MR) is 132 cm³/mol. The molecule has 33 heavy (non-hydrogen) atoms. The second-order valence-electron chi connectivity index (χ2n) is 7.60. The maximum absolute atomic E-state index is 12.9. The fourth-order valence-corrected chi connectivity index (χ4v) is 4.59. The number of para-hydroxylation sites is 1. The third kappa shape index (κ3) is 5.13. The summed E-state index contributed by atoms with van der Waals surface area (Å²) < 4.78 is 1.70. The van der Waals surface area contributed by atoms with E-state index in [9.17, 15) is 14.4 Å². The Labute approximate surface area is 199 Å². The highest BCUT2D eigenvalue weighted by Crippen LogP contribution is 2.31. The molecule has 168 valence electrons. The van der Waals surface area contributed by atoms with Crippen LogP contribution in [-0.4, -0.2) is 27.9 Å². The molecule has 4 rings (SSSR count). The maximum Gasteiger partial charge on any atom is 0.271 e. The van der Waals surface area contributed by atoms with Crippen molar-refractivity contribution in [1.29, 1.82) is 0 Å². The van der Waals surface area contributed by atoms with E-state index in [1.54, 1.807) is 12.1 Å². The number of anilines is 1. The Bertz CT molecular complexity index is 1390. The van der Waals surface area contributed by atoms with Gasteiger partial charge >= 0.3 is 0 Å². The molecule has 0 aliphatic rings. The summed E-state index contributed by atoms with van der Waals surface area (Å²) in [6, 6.07) is 14.9. The molecule has 0 unspecified atom stereocenters. The van der Waals surface area contributed by atoms with Crippen molar-refractivity contribution < 1.29 is 9.59 Å². The summed E-state index contributed by atoms with van der Waals surface area (Å²) in [5, 5.41) is 6.00. The minimum Gasteiger partial charge on any atom is -0.345 e. The highest BCUT2D eigenvalue weighted by atomic mass is 35.5. The number of hydrogen-bond donors (Lipinski definition) is 2. The summed E-state index contributed by atoms with van der Waals surface area (Å²) in [6.07, 6.45) is 1.35. The largest absolute Gasteiger partial charge is 0.345 e. The van der Waals surface area contributed by atoms with Crippen LogP contribution in [0.15, 0.2) is 59.7 Å². The summed E-state index contributed by atoms with van der Waals surface area (Å²) >= 11 is 7.26. The number of rotatable bonds is 6. The van der Waals surface area contributed by atoms with Crippen molar-refractivity contribution in [2.75, 3.05) is 11.9 Å². The number of hydrogen-bond acceptors (Lipinski definition) is 5. The van der Waals surface area contributed by atoms with Gasteiger partial charge < -0.3 is 10.6 Å². The van der Waals surface area contributed by atoms with Gasteiger partial charge in [0, 0.05) is 15.6 Å². The molecular formula is C24H21ClN4O3S. The third-order valence-electron chi connectivity index (χ3n) is 5.14. The first-order valence-electron chi connectivity index (χ1n) is 10.2. The number of amides is 2. The molecule has 2 aromatic carbocycles. The SMILES string of the molecule is Cc1cccc(C)c1NC(=O)CNC(=O)Cn1cnc2cc(-c3ccc(Cl)cc3)sc2c1=O. The van der Waals surface area contributed by atoms with E-state index in [0.29, 0.717) is 15.2 Å². The van der Waals surface area contributed by atoms with Crippen molar-refractivity contribution in [3.05, 3.63) is 81.4 Å². The average molecular weight is 481 g/mol. The van der Waals surface area contributed by atoms with Crippen molar-refractivity contribution in [1.82, 2.24) is 14.9 Å². The number of aryl methyl sites for hydroxylation is 2. The van der Waals surface area contributed by atoms with Crippen molar-refractivity contribution >= 4 is 50.7 Å². The number of nitrogens with zero attached hydrogens (tertiary/aromatic N) is 2. The Morgan fingerprint density at radius 2 is 1.76 bits per heavy atom. The summed E-state index contributed by atoms with van der Waals surface area (Å²) in [6.45, 7) is 3.38. The number of aromatic nitrogens is 2. The number of carbonyl (C=O) groups excluding carboxylic acids is 2. The lowest BCUT2D eigenvalue weighted by Gasteiger charge is -2.12. The van der Waals surface area contributed by atoms with Gasteiger partial charge in [0.25, 0.3) is 5.56 Å². The van der Waals surface area contributed by atoms with E-state index < -0.39 is 5.91 Å². The Hall–Kier alpha value is -3.49. The van der Waals surface area contributed by atoms with Gasteiger partial charge in [-0.25, -0.2) is 4.98 Å². The highest BCUT2D eigenvalue weighted by molar-refractivity contribution is 7.22. The minimum atomic E-state index is -0.454. The van der Waals surface area contributed by atoms with E-state index in [0.717, 1.165) is 27.3 Å². The van der Waals surface area contributed by atoms with Crippen LogP contribution < -0.4 is 16.2 Å². The van der Waals surface area contributed by atoms with Gasteiger partial charge in [-0.15, -0.1) is 11.3 Å². The first kappa shape index (κ1) is 22.7. The quantitative estimate of drug-likeness (QED) is 0.433. The molecule has 0 aliphatic heterocycles. The van der Waals surface area contributed by atoms with E-state index in [1.165, 1.54) is 22.2 Å². The van der Waals surface area contributed by atoms with Crippen LogP contribution in [0.1, 0.15) is 11.1 Å². The Morgan fingerprint density at radius 3 is 2.45 bits per heavy atom. The molecule has 2 N–H and O–H groups in total. The van der Waals surface area contributed by atoms with Crippen molar-refractivity contribution in [2.24, 2.45) is 0 Å². The lowest BCUT2D eigenvalue weighted by molar-refractivity contribution is -0.124. The van der Waals surface area contributed by atoms with Crippen LogP contribution in [0.3, 0.4) is 0 Å². The molecule has 7 nitrogen and oxygen atoms in total. The maximum atomic E-state index is 12.9. The van der Waals surface area contributed by atoms with Gasteiger partial charge in [-0.05, 0) is 48.7 Å². The first-order chi connectivity index (χ1) is 15.8. The van der Waals surface area contributed by atoms with Gasteiger partial charge in [0.05, 0.1) is 18.4 Å². The fraction of sp³-hybridized carbons (Fsp3) is 0.167. The number of halogens is 1. The Balaban J connectivity index is 1.42. The highest BCUT2D eigenvalue weighted by Gasteiger charge is 2.14. The zero-order valence-electron chi connectivity index (χ0n) is 18.0. The molecule has 2 amide bonds. The second kappa shape index (κ2) is 9.56. The monoisotopic (exact) mass is 480 g/mol. The van der Waals surface area contributed by atoms with Crippen molar-refractivity contribution in [3.8, 4) is 10.4 Å². The van der Waals surface area contributed by atoms with Crippen LogP contribution in [0.4, 0.5) is 5.69 Å². The molecule has 4 aromatic rings. The fourth-order valence-electron chi connectivity index (χ4n) is 3.40. The Morgan fingerprint density at radius 1 is 1.06 bits per heavy atom. The molecule has 0 radical (unpaired) electrons. The van der Waals surface area contributed by atoms with Crippen LogP contribution in [0, 0.1) is 13.8 Å². The third-order valence-corrected chi connectivity index (χ3v) is 6.55. The van der Waals surface area contributed by atoms with Crippen LogP contribution >= 0.6 is 22.9 Å². The molecule has 0 spiro atoms. The van der Waals surface area contributed by atoms with E-state index in [-0.39, 0.29) is 24.6 Å². The molecule has 2 aromatic heterocycles. The van der Waals surface area contributed by atoms with Crippen LogP contribution in [-0.2, 0) is 16.1 Å². The van der Waals surface area contributed by atoms with E-state index >= 15 is 0 Å². The van der Waals surface area contributed by atoms with Crippen molar-refractivity contribution in [2.45, 2.75) is 20.4 Å². The second-order valence-corrected chi connectivity index (χ2v) is 9.09. The van der Waals surface area contributed by atoms with Gasteiger partial charge in [0.1, 0.15) is 11.2 Å². The standard InChI is InChI=1S/C24H21ClN4O3S/c1-14-4-3-5-15(2)22(14)28-20(30)11-26-21(31)12-29-13-27-18-10-19(33-23(18)24(29)32)16-6-8-17(25)9-7-16/h3-10,13H,11-12H2,1-2H3,(H,26,31)(H,28,30). The zero-order valence-corrected chi connectivity index (χ0v) is 19.6. The van der Waals surface area contributed by atoms with Crippen LogP contribution in [0.5, 0.6) is 0 Å². The van der Waals surface area contributed by atoms with Crippen LogP contribution in [0.25, 0.3) is 20.7 Å². The number of thiophene rings is 1. The predicted octanol–water partition coefficient (Wildman–Crippen LogP) is 4.15.